The van der Waals surface area contributed by atoms with Crippen molar-refractivity contribution in [2.24, 2.45) is 5.92 Å². The van der Waals surface area contributed by atoms with Crippen molar-refractivity contribution in [3.05, 3.63) is 59.2 Å². The third-order valence-corrected chi connectivity index (χ3v) is 5.95. The maximum Gasteiger partial charge on any atom is 0.408 e. The van der Waals surface area contributed by atoms with Gasteiger partial charge in [0.15, 0.2) is 0 Å². The summed E-state index contributed by atoms with van der Waals surface area (Å²) in [5.41, 5.74) is 1.95. The van der Waals surface area contributed by atoms with Crippen LogP contribution in [0, 0.1) is 31.1 Å². The average Bonchev–Trinajstić information content (AvgIpc) is 2.83. The molecule has 2 atom stereocenters. The van der Waals surface area contributed by atoms with Crippen molar-refractivity contribution < 1.29 is 23.9 Å². The highest BCUT2D eigenvalue weighted by atomic mass is 16.6. The Morgan fingerprint density at radius 3 is 2.10 bits per heavy atom. The van der Waals surface area contributed by atoms with E-state index in [1.54, 1.807) is 52.1 Å². The molecule has 2 unspecified atom stereocenters. The Bertz CT molecular complexity index is 1180. The zero-order valence-corrected chi connectivity index (χ0v) is 24.1. The minimum Gasteiger partial charge on any atom is -0.497 e. The number of rotatable bonds is 10. The molecule has 0 fully saturated rings. The molecule has 0 bridgehead atoms. The highest BCUT2D eigenvalue weighted by molar-refractivity contribution is 5.99. The molecular weight excluding hydrogens is 496 g/mol. The lowest BCUT2D eigenvalue weighted by molar-refractivity contribution is -0.140. The van der Waals surface area contributed by atoms with E-state index in [-0.39, 0.29) is 12.5 Å². The van der Waals surface area contributed by atoms with Crippen molar-refractivity contribution in [1.29, 1.82) is 5.26 Å². The number of alkyl carbamates (subject to hydrolysis) is 1. The first-order chi connectivity index (χ1) is 18.3. The van der Waals surface area contributed by atoms with Gasteiger partial charge in [-0.15, -0.1) is 0 Å². The second kappa shape index (κ2) is 13.7. The second-order valence-corrected chi connectivity index (χ2v) is 10.9. The number of carbonyl (C=O) groups excluding carboxylic acids is 3. The molecule has 0 heterocycles. The number of nitrogens with zero attached hydrogens (tertiary/aromatic N) is 2. The summed E-state index contributed by atoms with van der Waals surface area (Å²) in [4.78, 5) is 41.8. The molecule has 0 aliphatic carbocycles. The smallest absolute Gasteiger partial charge is 0.408 e. The number of nitriles is 1. The number of carbonyl (C=O) groups is 3. The van der Waals surface area contributed by atoms with Crippen LogP contribution in [0.3, 0.4) is 0 Å². The Kier molecular flexibility index (Phi) is 10.9. The lowest BCUT2D eigenvalue weighted by Gasteiger charge is -2.34. The summed E-state index contributed by atoms with van der Waals surface area (Å²) in [7, 11) is 1.55. The van der Waals surface area contributed by atoms with E-state index in [0.29, 0.717) is 23.4 Å². The van der Waals surface area contributed by atoms with E-state index in [4.69, 9.17) is 9.47 Å². The van der Waals surface area contributed by atoms with Crippen LogP contribution < -0.4 is 15.4 Å². The van der Waals surface area contributed by atoms with Crippen LogP contribution in [0.1, 0.15) is 63.8 Å². The van der Waals surface area contributed by atoms with E-state index in [1.807, 2.05) is 52.0 Å². The minimum absolute atomic E-state index is 0.0320. The number of methoxy groups -OCH3 is 1. The molecule has 0 aliphatic rings. The first kappa shape index (κ1) is 31.2. The highest BCUT2D eigenvalue weighted by Gasteiger charge is 2.38. The monoisotopic (exact) mass is 536 g/mol. The first-order valence-corrected chi connectivity index (χ1v) is 12.9. The van der Waals surface area contributed by atoms with Gasteiger partial charge in [-0.05, 0) is 87.9 Å². The molecule has 39 heavy (non-hydrogen) atoms. The molecule has 0 aromatic heterocycles. The molecule has 0 radical (unpaired) electrons. The second-order valence-electron chi connectivity index (χ2n) is 10.9. The van der Waals surface area contributed by atoms with Gasteiger partial charge >= 0.3 is 6.09 Å². The van der Waals surface area contributed by atoms with E-state index in [9.17, 15) is 19.6 Å². The summed E-state index contributed by atoms with van der Waals surface area (Å²) >= 11 is 0. The predicted molar refractivity (Wildman–Crippen MR) is 150 cm³/mol. The summed E-state index contributed by atoms with van der Waals surface area (Å²) in [6.07, 6.45) is -0.454. The minimum atomic E-state index is -1.13. The zero-order valence-electron chi connectivity index (χ0n) is 24.1. The topological polar surface area (TPSA) is 121 Å². The number of anilines is 1. The highest BCUT2D eigenvalue weighted by Crippen LogP contribution is 2.30. The summed E-state index contributed by atoms with van der Waals surface area (Å²) in [5, 5.41) is 15.3. The van der Waals surface area contributed by atoms with Crippen LogP contribution in [0.5, 0.6) is 5.75 Å². The largest absolute Gasteiger partial charge is 0.497 e. The van der Waals surface area contributed by atoms with E-state index in [0.717, 1.165) is 11.1 Å². The molecule has 9 heteroatoms. The number of amides is 3. The Morgan fingerprint density at radius 2 is 1.62 bits per heavy atom. The van der Waals surface area contributed by atoms with Crippen LogP contribution in [0.15, 0.2) is 42.5 Å². The van der Waals surface area contributed by atoms with Gasteiger partial charge in [-0.1, -0.05) is 32.0 Å². The average molecular weight is 537 g/mol. The van der Waals surface area contributed by atoms with Crippen molar-refractivity contribution in [3.8, 4) is 11.8 Å². The van der Waals surface area contributed by atoms with Gasteiger partial charge in [0, 0.05) is 5.69 Å². The number of hydrogen-bond acceptors (Lipinski definition) is 6. The predicted octanol–water partition coefficient (Wildman–Crippen LogP) is 5.28. The Morgan fingerprint density at radius 1 is 1.03 bits per heavy atom. The maximum atomic E-state index is 14.1. The number of nitrogens with one attached hydrogen (secondary N) is 2. The molecule has 9 nitrogen and oxygen atoms in total. The molecular formula is C30H40N4O5. The molecule has 3 amide bonds. The third-order valence-electron chi connectivity index (χ3n) is 5.95. The van der Waals surface area contributed by atoms with Gasteiger partial charge in [0.1, 0.15) is 30.0 Å². The van der Waals surface area contributed by atoms with Crippen molar-refractivity contribution in [1.82, 2.24) is 10.2 Å². The van der Waals surface area contributed by atoms with Gasteiger partial charge in [-0.3, -0.25) is 9.59 Å². The van der Waals surface area contributed by atoms with Gasteiger partial charge in [0.2, 0.25) is 5.91 Å². The molecule has 210 valence electrons. The Balaban J connectivity index is 2.56. The van der Waals surface area contributed by atoms with Gasteiger partial charge in [-0.25, -0.2) is 4.79 Å². The SMILES string of the molecule is COc1ccc(NC(=O)C(c2c(C)cccc2C)N(CC#N)C(=O)C(CC(C)C)NC(=O)OC(C)(C)C)cc1. The summed E-state index contributed by atoms with van der Waals surface area (Å²) in [6, 6.07) is 12.3. The van der Waals surface area contributed by atoms with Crippen molar-refractivity contribution in [2.45, 2.75) is 72.6 Å². The van der Waals surface area contributed by atoms with Crippen LogP contribution in [0.2, 0.25) is 0 Å². The van der Waals surface area contributed by atoms with E-state index < -0.39 is 35.6 Å². The van der Waals surface area contributed by atoms with E-state index in [2.05, 4.69) is 10.6 Å². The fraction of sp³-hybridized carbons (Fsp3) is 0.467. The number of aryl methyl sites for hydroxylation is 2. The molecule has 2 rings (SSSR count). The molecule has 2 N–H and O–H groups in total. The van der Waals surface area contributed by atoms with E-state index >= 15 is 0 Å². The molecule has 2 aromatic rings. The molecule has 2 aromatic carbocycles. The van der Waals surface area contributed by atoms with Gasteiger partial charge in [0.05, 0.1) is 13.2 Å². The standard InChI is InChI=1S/C30H40N4O5/c1-19(2)18-24(33-29(37)39-30(5,6)7)28(36)34(17-16-31)26(25-20(3)10-9-11-21(25)4)27(35)32-22-12-14-23(38-8)15-13-22/h9-15,19,24,26H,17-18H2,1-8H3,(H,32,35)(H,33,37). The van der Waals surface area contributed by atoms with Crippen LogP contribution in [0.4, 0.5) is 10.5 Å². The van der Waals surface area contributed by atoms with Crippen LogP contribution in [0.25, 0.3) is 0 Å². The summed E-state index contributed by atoms with van der Waals surface area (Å²) in [6.45, 7) is 12.4. The number of hydrogen-bond donors (Lipinski definition) is 2. The Labute approximate surface area is 231 Å². The molecule has 0 aliphatic heterocycles. The quantitative estimate of drug-likeness (QED) is 0.399. The summed E-state index contributed by atoms with van der Waals surface area (Å²) < 4.78 is 10.6. The van der Waals surface area contributed by atoms with Gasteiger partial charge < -0.3 is 25.0 Å². The number of ether oxygens (including phenoxy) is 2. The summed E-state index contributed by atoms with van der Waals surface area (Å²) in [5.74, 6) is -0.370. The van der Waals surface area contributed by atoms with Crippen molar-refractivity contribution in [3.63, 3.8) is 0 Å². The van der Waals surface area contributed by atoms with Crippen LogP contribution in [-0.4, -0.2) is 48.1 Å². The van der Waals surface area contributed by atoms with Gasteiger partial charge in [0.25, 0.3) is 5.91 Å². The Hall–Kier alpha value is -4.06. The lowest BCUT2D eigenvalue weighted by Crippen LogP contribution is -2.53. The molecule has 0 spiro atoms. The third kappa shape index (κ3) is 9.02. The molecule has 0 saturated heterocycles. The van der Waals surface area contributed by atoms with E-state index in [1.165, 1.54) is 4.90 Å². The van der Waals surface area contributed by atoms with Crippen LogP contribution in [-0.2, 0) is 14.3 Å². The number of benzene rings is 2. The fourth-order valence-corrected chi connectivity index (χ4v) is 4.29. The maximum absolute atomic E-state index is 14.1. The van der Waals surface area contributed by atoms with Crippen LogP contribution >= 0.6 is 0 Å². The van der Waals surface area contributed by atoms with Crippen molar-refractivity contribution >= 4 is 23.6 Å². The lowest BCUT2D eigenvalue weighted by atomic mass is 9.93. The fourth-order valence-electron chi connectivity index (χ4n) is 4.29. The first-order valence-electron chi connectivity index (χ1n) is 12.9. The molecule has 0 saturated carbocycles. The zero-order chi connectivity index (χ0) is 29.3. The normalized spacial score (nSPS) is 12.6. The van der Waals surface area contributed by atoms with Gasteiger partial charge in [-0.2, -0.15) is 5.26 Å². The van der Waals surface area contributed by atoms with Crippen molar-refractivity contribution in [2.75, 3.05) is 19.0 Å².